The number of nitrogens with one attached hydrogen (secondary N) is 1. The number of carbonyl (C=O) groups is 1. The quantitative estimate of drug-likeness (QED) is 0.854. The Labute approximate surface area is 120 Å². The van der Waals surface area contributed by atoms with Crippen LogP contribution in [0.4, 0.5) is 0 Å². The number of amides is 1. The summed E-state index contributed by atoms with van der Waals surface area (Å²) in [4.78, 5) is 12.8. The Morgan fingerprint density at radius 3 is 2.61 bits per heavy atom. The zero-order valence-electron chi connectivity index (χ0n) is 9.87. The summed E-state index contributed by atoms with van der Waals surface area (Å²) in [5, 5.41) is 3.95. The highest BCUT2D eigenvalue weighted by Crippen LogP contribution is 2.25. The molecule has 2 nitrogen and oxygen atoms in total. The average molecular weight is 302 g/mol. The summed E-state index contributed by atoms with van der Waals surface area (Å²) in [6.07, 6.45) is 0. The number of hydrogen-bond donors (Lipinski definition) is 1. The lowest BCUT2D eigenvalue weighted by molar-refractivity contribution is 0.0925. The van der Waals surface area contributed by atoms with Crippen molar-refractivity contribution in [1.82, 2.24) is 5.32 Å². The number of hydrogen-bond acceptors (Lipinski definition) is 2. The zero-order chi connectivity index (χ0) is 13.2. The SMILES string of the molecule is CC(CCl)(CCl)NC(=O)c1cc2ccccc2s1. The molecule has 0 bridgehead atoms. The largest absolute Gasteiger partial charge is 0.344 e. The highest BCUT2D eigenvalue weighted by molar-refractivity contribution is 7.20. The maximum absolute atomic E-state index is 12.1. The average Bonchev–Trinajstić information content (AvgIpc) is 2.82. The summed E-state index contributed by atoms with van der Waals surface area (Å²) in [5.41, 5.74) is -0.573. The molecule has 0 radical (unpaired) electrons. The van der Waals surface area contributed by atoms with Gasteiger partial charge in [-0.3, -0.25) is 4.79 Å². The van der Waals surface area contributed by atoms with Gasteiger partial charge in [0.15, 0.2) is 0 Å². The molecule has 1 N–H and O–H groups in total. The summed E-state index contributed by atoms with van der Waals surface area (Å²) in [5.74, 6) is 0.445. The van der Waals surface area contributed by atoms with Crippen LogP contribution in [0.1, 0.15) is 16.6 Å². The highest BCUT2D eigenvalue weighted by Gasteiger charge is 2.25. The van der Waals surface area contributed by atoms with Gasteiger partial charge in [0.05, 0.1) is 10.4 Å². The molecule has 2 aromatic rings. The molecule has 0 fully saturated rings. The maximum atomic E-state index is 12.1. The van der Waals surface area contributed by atoms with Gasteiger partial charge in [-0.1, -0.05) is 18.2 Å². The third-order valence-electron chi connectivity index (χ3n) is 2.65. The van der Waals surface area contributed by atoms with Crippen LogP contribution in [-0.4, -0.2) is 23.2 Å². The third-order valence-corrected chi connectivity index (χ3v) is 4.95. The number of rotatable bonds is 4. The van der Waals surface area contributed by atoms with Crippen molar-refractivity contribution in [2.45, 2.75) is 12.5 Å². The first-order chi connectivity index (χ1) is 8.58. The van der Waals surface area contributed by atoms with Crippen molar-refractivity contribution in [1.29, 1.82) is 0 Å². The number of thiophene rings is 1. The first-order valence-electron chi connectivity index (χ1n) is 5.51. The van der Waals surface area contributed by atoms with E-state index in [2.05, 4.69) is 5.32 Å². The summed E-state index contributed by atoms with van der Waals surface area (Å²) in [6, 6.07) is 9.79. The lowest BCUT2D eigenvalue weighted by Gasteiger charge is -2.25. The molecular formula is C13H13Cl2NOS. The van der Waals surface area contributed by atoms with Crippen LogP contribution in [0.5, 0.6) is 0 Å². The first-order valence-corrected chi connectivity index (χ1v) is 7.39. The predicted octanol–water partition coefficient (Wildman–Crippen LogP) is 3.87. The molecule has 2 rings (SSSR count). The standard InChI is InChI=1S/C13H13Cl2NOS/c1-13(7-14,8-15)16-12(17)11-6-9-4-2-3-5-10(9)18-11/h2-6H,7-8H2,1H3,(H,16,17). The Bertz CT molecular complexity index is 530. The molecule has 1 aromatic heterocycles. The van der Waals surface area contributed by atoms with E-state index in [0.29, 0.717) is 4.88 Å². The van der Waals surface area contributed by atoms with Gasteiger partial charge in [-0.15, -0.1) is 34.5 Å². The number of fused-ring (bicyclic) bond motifs is 1. The van der Waals surface area contributed by atoms with E-state index in [1.165, 1.54) is 11.3 Å². The van der Waals surface area contributed by atoms with Crippen LogP contribution < -0.4 is 5.32 Å². The van der Waals surface area contributed by atoms with Crippen molar-refractivity contribution >= 4 is 50.5 Å². The number of benzene rings is 1. The van der Waals surface area contributed by atoms with Crippen LogP contribution in [0.15, 0.2) is 30.3 Å². The summed E-state index contributed by atoms with van der Waals surface area (Å²) in [7, 11) is 0. The molecular weight excluding hydrogens is 289 g/mol. The fourth-order valence-electron chi connectivity index (χ4n) is 1.53. The second-order valence-electron chi connectivity index (χ2n) is 4.43. The molecule has 0 spiro atoms. The van der Waals surface area contributed by atoms with Crippen LogP contribution >= 0.6 is 34.5 Å². The molecule has 0 aliphatic rings. The van der Waals surface area contributed by atoms with Crippen molar-refractivity contribution < 1.29 is 4.79 Å². The minimum atomic E-state index is -0.573. The van der Waals surface area contributed by atoms with Gasteiger partial charge in [0.25, 0.3) is 5.91 Å². The van der Waals surface area contributed by atoms with Crippen molar-refractivity contribution in [3.63, 3.8) is 0 Å². The summed E-state index contributed by atoms with van der Waals surface area (Å²) < 4.78 is 1.10. The van der Waals surface area contributed by atoms with Gasteiger partial charge in [-0.2, -0.15) is 0 Å². The number of carbonyl (C=O) groups excluding carboxylic acids is 1. The fraction of sp³-hybridized carbons (Fsp3) is 0.308. The maximum Gasteiger partial charge on any atom is 0.261 e. The molecule has 1 amide bonds. The zero-order valence-corrected chi connectivity index (χ0v) is 12.2. The van der Waals surface area contributed by atoms with Crippen molar-refractivity contribution in [3.05, 3.63) is 35.2 Å². The van der Waals surface area contributed by atoms with Gasteiger partial charge in [-0.05, 0) is 24.4 Å². The van der Waals surface area contributed by atoms with E-state index < -0.39 is 5.54 Å². The van der Waals surface area contributed by atoms with Gasteiger partial charge in [0.1, 0.15) is 0 Å². The van der Waals surface area contributed by atoms with Crippen LogP contribution in [0, 0.1) is 0 Å². The van der Waals surface area contributed by atoms with E-state index in [-0.39, 0.29) is 17.7 Å². The van der Waals surface area contributed by atoms with E-state index in [4.69, 9.17) is 23.2 Å². The molecule has 0 atom stereocenters. The Kier molecular flexibility index (Phi) is 4.15. The number of alkyl halides is 2. The molecule has 5 heteroatoms. The van der Waals surface area contributed by atoms with Crippen molar-refractivity contribution in [3.8, 4) is 0 Å². The van der Waals surface area contributed by atoms with Gasteiger partial charge < -0.3 is 5.32 Å². The molecule has 1 aromatic carbocycles. The van der Waals surface area contributed by atoms with E-state index in [1.807, 2.05) is 37.3 Å². The molecule has 18 heavy (non-hydrogen) atoms. The van der Waals surface area contributed by atoms with Gasteiger partial charge in [-0.25, -0.2) is 0 Å². The molecule has 0 aliphatic heterocycles. The Morgan fingerprint density at radius 2 is 2.00 bits per heavy atom. The summed E-state index contributed by atoms with van der Waals surface area (Å²) >= 11 is 13.1. The van der Waals surface area contributed by atoms with E-state index in [1.54, 1.807) is 0 Å². The van der Waals surface area contributed by atoms with Crippen LogP contribution in [0.25, 0.3) is 10.1 Å². The lowest BCUT2D eigenvalue weighted by atomic mass is 10.1. The summed E-state index contributed by atoms with van der Waals surface area (Å²) in [6.45, 7) is 1.83. The monoisotopic (exact) mass is 301 g/mol. The van der Waals surface area contributed by atoms with Crippen LogP contribution in [0.3, 0.4) is 0 Å². The molecule has 0 saturated heterocycles. The lowest BCUT2D eigenvalue weighted by Crippen LogP contribution is -2.49. The highest BCUT2D eigenvalue weighted by atomic mass is 35.5. The molecule has 0 aliphatic carbocycles. The van der Waals surface area contributed by atoms with Crippen LogP contribution in [-0.2, 0) is 0 Å². The number of halogens is 2. The Morgan fingerprint density at radius 1 is 1.33 bits per heavy atom. The van der Waals surface area contributed by atoms with E-state index in [0.717, 1.165) is 10.1 Å². The van der Waals surface area contributed by atoms with E-state index in [9.17, 15) is 4.79 Å². The Hall–Kier alpha value is -0.770. The predicted molar refractivity (Wildman–Crippen MR) is 79.1 cm³/mol. The normalized spacial score (nSPS) is 11.7. The molecule has 96 valence electrons. The van der Waals surface area contributed by atoms with Crippen molar-refractivity contribution in [2.24, 2.45) is 0 Å². The molecule has 1 heterocycles. The van der Waals surface area contributed by atoms with Crippen molar-refractivity contribution in [2.75, 3.05) is 11.8 Å². The first kappa shape index (κ1) is 13.7. The van der Waals surface area contributed by atoms with Crippen LogP contribution in [0.2, 0.25) is 0 Å². The molecule has 0 unspecified atom stereocenters. The second kappa shape index (κ2) is 5.47. The minimum absolute atomic E-state index is 0.125. The van der Waals surface area contributed by atoms with Gasteiger partial charge in [0.2, 0.25) is 0 Å². The van der Waals surface area contributed by atoms with E-state index >= 15 is 0 Å². The Balaban J connectivity index is 2.23. The minimum Gasteiger partial charge on any atom is -0.344 e. The third kappa shape index (κ3) is 2.79. The topological polar surface area (TPSA) is 29.1 Å². The molecule has 0 saturated carbocycles. The fourth-order valence-corrected chi connectivity index (χ4v) is 2.91. The van der Waals surface area contributed by atoms with Gasteiger partial charge >= 0.3 is 0 Å². The smallest absolute Gasteiger partial charge is 0.261 e. The second-order valence-corrected chi connectivity index (χ2v) is 6.05. The van der Waals surface area contributed by atoms with Gasteiger partial charge in [0, 0.05) is 16.5 Å².